The molecule has 0 aromatic heterocycles. The maximum Gasteiger partial charge on any atom is 0.173 e. The van der Waals surface area contributed by atoms with E-state index in [2.05, 4.69) is 5.32 Å². The molecule has 1 fully saturated rings. The van der Waals surface area contributed by atoms with Crippen LogP contribution in [0.4, 0.5) is 5.69 Å². The maximum absolute atomic E-state index is 10.1. The number of methoxy groups -OCH3 is 1. The molecule has 3 rings (SSSR count). The Balaban J connectivity index is 1.74. The number of ether oxygens (including phenoxy) is 2. The van der Waals surface area contributed by atoms with E-state index in [0.29, 0.717) is 18.2 Å². The fourth-order valence-electron chi connectivity index (χ4n) is 3.01. The maximum atomic E-state index is 10.1. The van der Waals surface area contributed by atoms with Crippen LogP contribution in [0.3, 0.4) is 0 Å². The molecule has 2 N–H and O–H groups in total. The molecule has 138 valence electrons. The van der Waals surface area contributed by atoms with E-state index >= 15 is 0 Å². The number of phenols is 1. The van der Waals surface area contributed by atoms with Crippen molar-refractivity contribution in [3.8, 4) is 11.5 Å². The Labute approximate surface area is 159 Å². The number of aromatic hydroxyl groups is 1. The third-order valence-electron chi connectivity index (χ3n) is 4.41. The predicted octanol–water partition coefficient (Wildman–Crippen LogP) is 3.78. The highest BCUT2D eigenvalue weighted by Gasteiger charge is 2.22. The fraction of sp³-hybridized carbons (Fsp3) is 0.350. The summed E-state index contributed by atoms with van der Waals surface area (Å²) in [5.74, 6) is 1.04. The molecular formula is C20H24N2O3S. The van der Waals surface area contributed by atoms with E-state index in [9.17, 15) is 5.11 Å². The summed E-state index contributed by atoms with van der Waals surface area (Å²) in [4.78, 5) is 2.04. The van der Waals surface area contributed by atoms with Gasteiger partial charge in [-0.25, -0.2) is 0 Å². The number of anilines is 1. The van der Waals surface area contributed by atoms with Crippen LogP contribution in [0, 0.1) is 0 Å². The monoisotopic (exact) mass is 372 g/mol. The lowest BCUT2D eigenvalue weighted by Crippen LogP contribution is -2.39. The molecule has 1 saturated heterocycles. The Morgan fingerprint density at radius 3 is 2.88 bits per heavy atom. The van der Waals surface area contributed by atoms with Gasteiger partial charge in [0.25, 0.3) is 0 Å². The summed E-state index contributed by atoms with van der Waals surface area (Å²) >= 11 is 5.65. The van der Waals surface area contributed by atoms with Gasteiger partial charge < -0.3 is 24.8 Å². The smallest absolute Gasteiger partial charge is 0.173 e. The zero-order valence-electron chi connectivity index (χ0n) is 14.9. The van der Waals surface area contributed by atoms with E-state index in [4.69, 9.17) is 21.7 Å². The number of hydrogen-bond acceptors (Lipinski definition) is 4. The summed E-state index contributed by atoms with van der Waals surface area (Å²) in [5.41, 5.74) is 1.70. The van der Waals surface area contributed by atoms with Crippen molar-refractivity contribution in [2.75, 3.05) is 25.6 Å². The molecule has 0 bridgehead atoms. The SMILES string of the molecule is COc1cccc(NC(=S)N(Cc2ccccc2O)C[C@H]2CCCO2)c1. The summed E-state index contributed by atoms with van der Waals surface area (Å²) in [7, 11) is 1.64. The van der Waals surface area contributed by atoms with Crippen LogP contribution in [-0.4, -0.2) is 41.5 Å². The van der Waals surface area contributed by atoms with E-state index in [-0.39, 0.29) is 11.9 Å². The highest BCUT2D eigenvalue weighted by molar-refractivity contribution is 7.80. The summed E-state index contributed by atoms with van der Waals surface area (Å²) in [5, 5.41) is 14.0. The molecule has 0 radical (unpaired) electrons. The molecule has 0 amide bonds. The van der Waals surface area contributed by atoms with Crippen molar-refractivity contribution in [1.29, 1.82) is 0 Å². The van der Waals surface area contributed by atoms with Crippen molar-refractivity contribution in [3.05, 3.63) is 54.1 Å². The number of nitrogens with one attached hydrogen (secondary N) is 1. The van der Waals surface area contributed by atoms with Crippen LogP contribution in [0.1, 0.15) is 18.4 Å². The summed E-state index contributed by atoms with van der Waals surface area (Å²) < 4.78 is 11.0. The minimum absolute atomic E-state index is 0.158. The van der Waals surface area contributed by atoms with Crippen LogP contribution >= 0.6 is 12.2 Å². The second-order valence-corrected chi connectivity index (χ2v) is 6.69. The Morgan fingerprint density at radius 2 is 2.15 bits per heavy atom. The lowest BCUT2D eigenvalue weighted by atomic mass is 10.1. The third kappa shape index (κ3) is 4.86. The van der Waals surface area contributed by atoms with Crippen molar-refractivity contribution in [1.82, 2.24) is 4.90 Å². The van der Waals surface area contributed by atoms with Crippen molar-refractivity contribution in [2.45, 2.75) is 25.5 Å². The molecule has 5 nitrogen and oxygen atoms in total. The fourth-order valence-corrected chi connectivity index (χ4v) is 3.26. The van der Waals surface area contributed by atoms with Crippen LogP contribution in [0.2, 0.25) is 0 Å². The molecule has 0 saturated carbocycles. The van der Waals surface area contributed by atoms with E-state index in [1.54, 1.807) is 13.2 Å². The number of hydrogen-bond donors (Lipinski definition) is 2. The molecule has 6 heteroatoms. The van der Waals surface area contributed by atoms with Crippen LogP contribution in [-0.2, 0) is 11.3 Å². The first-order valence-corrected chi connectivity index (χ1v) is 9.15. The largest absolute Gasteiger partial charge is 0.508 e. The lowest BCUT2D eigenvalue weighted by molar-refractivity contribution is 0.0903. The van der Waals surface area contributed by atoms with Gasteiger partial charge in [-0.15, -0.1) is 0 Å². The third-order valence-corrected chi connectivity index (χ3v) is 4.77. The highest BCUT2D eigenvalue weighted by Crippen LogP contribution is 2.22. The van der Waals surface area contributed by atoms with Gasteiger partial charge in [-0.1, -0.05) is 24.3 Å². The van der Waals surface area contributed by atoms with Crippen molar-refractivity contribution >= 4 is 23.0 Å². The minimum atomic E-state index is 0.158. The van der Waals surface area contributed by atoms with Crippen LogP contribution < -0.4 is 10.1 Å². The average molecular weight is 372 g/mol. The number of rotatable bonds is 6. The van der Waals surface area contributed by atoms with Crippen molar-refractivity contribution < 1.29 is 14.6 Å². The van der Waals surface area contributed by atoms with Crippen molar-refractivity contribution in [3.63, 3.8) is 0 Å². The first-order valence-electron chi connectivity index (χ1n) is 8.74. The van der Waals surface area contributed by atoms with Crippen molar-refractivity contribution in [2.24, 2.45) is 0 Å². The van der Waals surface area contributed by atoms with Crippen LogP contribution in [0.25, 0.3) is 0 Å². The number of phenolic OH excluding ortho intramolecular Hbond substituents is 1. The van der Waals surface area contributed by atoms with E-state index in [1.807, 2.05) is 47.4 Å². The molecule has 1 aliphatic rings. The first kappa shape index (κ1) is 18.5. The summed E-state index contributed by atoms with van der Waals surface area (Å²) in [6.07, 6.45) is 2.26. The Bertz CT molecular complexity index is 747. The predicted molar refractivity (Wildman–Crippen MR) is 107 cm³/mol. The molecule has 0 unspecified atom stereocenters. The standard InChI is InChI=1S/C20H24N2O3S/c1-24-17-8-4-7-16(12-17)21-20(26)22(14-18-9-5-11-25-18)13-15-6-2-3-10-19(15)23/h2-4,6-8,10,12,18,23H,5,9,11,13-14H2,1H3,(H,21,26)/t18-/m1/s1. The molecular weight excluding hydrogens is 348 g/mol. The van der Waals surface area contributed by atoms with Gasteiger partial charge >= 0.3 is 0 Å². The van der Waals surface area contributed by atoms with Gasteiger partial charge in [0.1, 0.15) is 11.5 Å². The van der Waals surface area contributed by atoms with Gasteiger partial charge in [-0.05, 0) is 43.3 Å². The van der Waals surface area contributed by atoms with Crippen LogP contribution in [0.15, 0.2) is 48.5 Å². The Kier molecular flexibility index (Phi) is 6.30. The van der Waals surface area contributed by atoms with E-state index < -0.39 is 0 Å². The highest BCUT2D eigenvalue weighted by atomic mass is 32.1. The number of para-hydroxylation sites is 1. The van der Waals surface area contributed by atoms with Crippen LogP contribution in [0.5, 0.6) is 11.5 Å². The molecule has 0 spiro atoms. The summed E-state index contributed by atoms with van der Waals surface area (Å²) in [6, 6.07) is 15.0. The van der Waals surface area contributed by atoms with E-state index in [1.165, 1.54) is 0 Å². The Hall–Kier alpha value is -2.31. The van der Waals surface area contributed by atoms with E-state index in [0.717, 1.165) is 36.4 Å². The van der Waals surface area contributed by atoms with Gasteiger partial charge in [-0.2, -0.15) is 0 Å². The normalized spacial score (nSPS) is 16.3. The number of benzene rings is 2. The van der Waals surface area contributed by atoms with Gasteiger partial charge in [0.2, 0.25) is 0 Å². The second-order valence-electron chi connectivity index (χ2n) is 6.31. The van der Waals surface area contributed by atoms with Gasteiger partial charge in [0, 0.05) is 37.0 Å². The zero-order valence-corrected chi connectivity index (χ0v) is 15.7. The van der Waals surface area contributed by atoms with Gasteiger partial charge in [-0.3, -0.25) is 0 Å². The quantitative estimate of drug-likeness (QED) is 0.753. The molecule has 26 heavy (non-hydrogen) atoms. The lowest BCUT2D eigenvalue weighted by Gasteiger charge is -2.28. The average Bonchev–Trinajstić information content (AvgIpc) is 3.16. The molecule has 2 aromatic carbocycles. The molecule has 1 atom stereocenters. The van der Waals surface area contributed by atoms with Gasteiger partial charge in [0.05, 0.1) is 13.2 Å². The Morgan fingerprint density at radius 1 is 1.31 bits per heavy atom. The molecule has 1 aliphatic heterocycles. The first-order chi connectivity index (χ1) is 12.7. The topological polar surface area (TPSA) is 54.0 Å². The molecule has 1 heterocycles. The second kappa shape index (κ2) is 8.87. The molecule has 0 aliphatic carbocycles. The zero-order chi connectivity index (χ0) is 18.4. The number of thiocarbonyl (C=S) groups is 1. The molecule has 2 aromatic rings. The number of nitrogens with zero attached hydrogens (tertiary/aromatic N) is 1. The van der Waals surface area contributed by atoms with Gasteiger partial charge in [0.15, 0.2) is 5.11 Å². The minimum Gasteiger partial charge on any atom is -0.508 e. The summed E-state index contributed by atoms with van der Waals surface area (Å²) in [6.45, 7) is 2.00.